The smallest absolute Gasteiger partial charge is 0.336 e. The topological polar surface area (TPSA) is 72.5 Å². The van der Waals surface area contributed by atoms with E-state index in [1.165, 1.54) is 17.2 Å². The Hall–Kier alpha value is -3.83. The van der Waals surface area contributed by atoms with Crippen molar-refractivity contribution in [1.82, 2.24) is 0 Å². The van der Waals surface area contributed by atoms with Gasteiger partial charge in [0, 0.05) is 33.0 Å². The van der Waals surface area contributed by atoms with Crippen LogP contribution in [0.1, 0.15) is 27.9 Å². The first-order valence-corrected chi connectivity index (χ1v) is 11.1. The van der Waals surface area contributed by atoms with Crippen LogP contribution in [0.4, 0.5) is 5.69 Å². The first kappa shape index (κ1) is 19.8. The summed E-state index contributed by atoms with van der Waals surface area (Å²) in [6.45, 7) is 0. The van der Waals surface area contributed by atoms with Gasteiger partial charge in [-0.25, -0.2) is 4.79 Å². The van der Waals surface area contributed by atoms with Crippen molar-refractivity contribution < 1.29 is 13.6 Å². The van der Waals surface area contributed by atoms with Crippen molar-refractivity contribution in [2.75, 3.05) is 5.32 Å². The molecule has 3 aromatic carbocycles. The number of amides is 1. The van der Waals surface area contributed by atoms with Crippen LogP contribution in [-0.4, -0.2) is 5.91 Å². The van der Waals surface area contributed by atoms with Crippen molar-refractivity contribution in [3.8, 4) is 11.3 Å². The van der Waals surface area contributed by atoms with Gasteiger partial charge in [-0.1, -0.05) is 23.7 Å². The standard InChI is InChI=1S/C27H18ClNO4/c28-18-10-8-15(9-11-18)27(31)29-25-19-6-1-2-7-22(19)33-26(25)21-14-24(30)32-23-13-17-5-3-4-16(17)12-20(21)23/h1-2,6-14H,3-5H2,(H,29,31). The Morgan fingerprint density at radius 1 is 0.848 bits per heavy atom. The van der Waals surface area contributed by atoms with Crippen molar-refractivity contribution in [1.29, 1.82) is 0 Å². The molecular weight excluding hydrogens is 438 g/mol. The number of carbonyl (C=O) groups excluding carboxylic acids is 1. The highest BCUT2D eigenvalue weighted by Gasteiger charge is 2.23. The maximum absolute atomic E-state index is 13.1. The summed E-state index contributed by atoms with van der Waals surface area (Å²) < 4.78 is 11.7. The van der Waals surface area contributed by atoms with Gasteiger partial charge in [0.15, 0.2) is 5.76 Å². The molecule has 0 atom stereocenters. The Labute approximate surface area is 193 Å². The number of fused-ring (bicyclic) bond motifs is 3. The van der Waals surface area contributed by atoms with Crippen LogP contribution in [0, 0.1) is 0 Å². The number of hydrogen-bond acceptors (Lipinski definition) is 4. The molecule has 0 bridgehead atoms. The monoisotopic (exact) mass is 455 g/mol. The summed E-state index contributed by atoms with van der Waals surface area (Å²) in [4.78, 5) is 25.5. The highest BCUT2D eigenvalue weighted by atomic mass is 35.5. The van der Waals surface area contributed by atoms with Gasteiger partial charge in [-0.15, -0.1) is 0 Å². The summed E-state index contributed by atoms with van der Waals surface area (Å²) in [5, 5.41) is 5.08. The fourth-order valence-electron chi connectivity index (χ4n) is 4.56. The number of furan rings is 1. The Morgan fingerprint density at radius 2 is 1.61 bits per heavy atom. The summed E-state index contributed by atoms with van der Waals surface area (Å²) in [5.41, 5.74) is 4.70. The minimum Gasteiger partial charge on any atom is -0.454 e. The number of aryl methyl sites for hydroxylation is 2. The quantitative estimate of drug-likeness (QED) is 0.311. The van der Waals surface area contributed by atoms with Crippen molar-refractivity contribution in [2.45, 2.75) is 19.3 Å². The highest BCUT2D eigenvalue weighted by Crippen LogP contribution is 2.41. The zero-order valence-corrected chi connectivity index (χ0v) is 18.2. The van der Waals surface area contributed by atoms with E-state index in [1.807, 2.05) is 30.3 Å². The normalized spacial score (nSPS) is 12.9. The summed E-state index contributed by atoms with van der Waals surface area (Å²) in [6, 6.07) is 19.6. The van der Waals surface area contributed by atoms with E-state index in [-0.39, 0.29) is 5.91 Å². The Morgan fingerprint density at radius 3 is 2.42 bits per heavy atom. The molecule has 1 aliphatic carbocycles. The Kier molecular flexibility index (Phi) is 4.59. The SMILES string of the molecule is O=C(Nc1c(-c2cc(=O)oc3cc4c(cc23)CCC4)oc2ccccc12)c1ccc(Cl)cc1. The lowest BCUT2D eigenvalue weighted by Gasteiger charge is -2.10. The molecule has 0 aliphatic heterocycles. The third-order valence-electron chi connectivity index (χ3n) is 6.14. The fraction of sp³-hybridized carbons (Fsp3) is 0.111. The molecule has 2 aromatic heterocycles. The molecule has 6 heteroatoms. The van der Waals surface area contributed by atoms with E-state index in [4.69, 9.17) is 20.4 Å². The van der Waals surface area contributed by atoms with Crippen LogP contribution in [0.5, 0.6) is 0 Å². The third-order valence-corrected chi connectivity index (χ3v) is 6.39. The van der Waals surface area contributed by atoms with E-state index >= 15 is 0 Å². The van der Waals surface area contributed by atoms with E-state index in [2.05, 4.69) is 11.4 Å². The molecule has 2 heterocycles. The van der Waals surface area contributed by atoms with Gasteiger partial charge in [0.1, 0.15) is 11.2 Å². The molecule has 1 amide bonds. The molecule has 0 spiro atoms. The maximum atomic E-state index is 13.1. The molecule has 0 saturated carbocycles. The lowest BCUT2D eigenvalue weighted by Crippen LogP contribution is -2.12. The molecule has 0 radical (unpaired) electrons. The van der Waals surface area contributed by atoms with Crippen molar-refractivity contribution in [3.63, 3.8) is 0 Å². The molecular formula is C27H18ClNO4. The largest absolute Gasteiger partial charge is 0.454 e. The number of benzene rings is 3. The minimum absolute atomic E-state index is 0.298. The molecule has 1 N–H and O–H groups in total. The molecule has 6 rings (SSSR count). The zero-order valence-electron chi connectivity index (χ0n) is 17.5. The number of anilines is 1. The molecule has 162 valence electrons. The second kappa shape index (κ2) is 7.64. The maximum Gasteiger partial charge on any atom is 0.336 e. The summed E-state index contributed by atoms with van der Waals surface area (Å²) in [5.74, 6) is 0.127. The van der Waals surface area contributed by atoms with Crippen LogP contribution in [-0.2, 0) is 12.8 Å². The van der Waals surface area contributed by atoms with Gasteiger partial charge in [0.25, 0.3) is 5.91 Å². The lowest BCUT2D eigenvalue weighted by molar-refractivity contribution is 0.102. The zero-order chi connectivity index (χ0) is 22.5. The second-order valence-corrected chi connectivity index (χ2v) is 8.65. The van der Waals surface area contributed by atoms with E-state index in [9.17, 15) is 9.59 Å². The van der Waals surface area contributed by atoms with Crippen molar-refractivity contribution >= 4 is 45.1 Å². The van der Waals surface area contributed by atoms with Gasteiger partial charge in [-0.3, -0.25) is 4.79 Å². The summed E-state index contributed by atoms with van der Waals surface area (Å²) in [7, 11) is 0. The van der Waals surface area contributed by atoms with E-state index in [1.54, 1.807) is 24.3 Å². The van der Waals surface area contributed by atoms with Crippen LogP contribution in [0.15, 0.2) is 80.4 Å². The predicted octanol–water partition coefficient (Wildman–Crippen LogP) is 6.60. The Bertz CT molecular complexity index is 1610. The number of rotatable bonds is 3. The van der Waals surface area contributed by atoms with Gasteiger partial charge in [0.05, 0.1) is 5.69 Å². The van der Waals surface area contributed by atoms with Crippen LogP contribution < -0.4 is 10.9 Å². The van der Waals surface area contributed by atoms with Crippen molar-refractivity contribution in [2.24, 2.45) is 0 Å². The summed E-state index contributed by atoms with van der Waals surface area (Å²) in [6.07, 6.45) is 3.05. The number of para-hydroxylation sites is 1. The van der Waals surface area contributed by atoms with Crippen LogP contribution in [0.2, 0.25) is 5.02 Å². The van der Waals surface area contributed by atoms with E-state index in [0.29, 0.717) is 38.8 Å². The molecule has 0 fully saturated rings. The molecule has 5 aromatic rings. The molecule has 0 saturated heterocycles. The number of halogens is 1. The average Bonchev–Trinajstić information content (AvgIpc) is 3.42. The van der Waals surface area contributed by atoms with Crippen LogP contribution >= 0.6 is 11.6 Å². The highest BCUT2D eigenvalue weighted by molar-refractivity contribution is 6.30. The number of hydrogen-bond donors (Lipinski definition) is 1. The lowest BCUT2D eigenvalue weighted by atomic mass is 10.0. The van der Waals surface area contributed by atoms with Crippen LogP contribution in [0.25, 0.3) is 33.3 Å². The predicted molar refractivity (Wildman–Crippen MR) is 129 cm³/mol. The van der Waals surface area contributed by atoms with E-state index < -0.39 is 5.63 Å². The second-order valence-electron chi connectivity index (χ2n) is 8.21. The molecule has 33 heavy (non-hydrogen) atoms. The fourth-order valence-corrected chi connectivity index (χ4v) is 4.69. The number of carbonyl (C=O) groups is 1. The molecule has 0 unspecified atom stereocenters. The van der Waals surface area contributed by atoms with Crippen molar-refractivity contribution in [3.05, 3.63) is 98.9 Å². The van der Waals surface area contributed by atoms with Gasteiger partial charge < -0.3 is 14.2 Å². The molecule has 5 nitrogen and oxygen atoms in total. The van der Waals surface area contributed by atoms with Crippen LogP contribution in [0.3, 0.4) is 0 Å². The van der Waals surface area contributed by atoms with Gasteiger partial charge >= 0.3 is 5.63 Å². The first-order valence-electron chi connectivity index (χ1n) is 10.8. The summed E-state index contributed by atoms with van der Waals surface area (Å²) >= 11 is 5.97. The van der Waals surface area contributed by atoms with Gasteiger partial charge in [0.2, 0.25) is 0 Å². The van der Waals surface area contributed by atoms with Gasteiger partial charge in [-0.2, -0.15) is 0 Å². The first-order chi connectivity index (χ1) is 16.1. The minimum atomic E-state index is -0.467. The van der Waals surface area contributed by atoms with Gasteiger partial charge in [-0.05, 0) is 78.9 Å². The Balaban J connectivity index is 1.56. The third kappa shape index (κ3) is 3.41. The number of nitrogens with one attached hydrogen (secondary N) is 1. The molecule has 1 aliphatic rings. The van der Waals surface area contributed by atoms with E-state index in [0.717, 1.165) is 30.0 Å². The average molecular weight is 456 g/mol.